The molecule has 0 saturated carbocycles. The quantitative estimate of drug-likeness (QED) is 0.320. The molecule has 0 aliphatic carbocycles. The first-order valence-corrected chi connectivity index (χ1v) is 8.65. The number of hydrogen-bond donors (Lipinski definition) is 1. The summed E-state index contributed by atoms with van der Waals surface area (Å²) in [4.78, 5) is 11.8. The maximum Gasteiger partial charge on any atom is 0.309 e. The lowest BCUT2D eigenvalue weighted by molar-refractivity contribution is -0.145. The molecule has 0 spiro atoms. The fraction of sp³-hybridized carbons (Fsp3) is 0.833. The number of rotatable bonds is 13. The Hall–Kier alpha value is -0.870. The Morgan fingerprint density at radius 1 is 1.32 bits per heavy atom. The minimum absolute atomic E-state index is 0.0491. The van der Waals surface area contributed by atoms with E-state index in [2.05, 4.69) is 6.58 Å². The van der Waals surface area contributed by atoms with Crippen LogP contribution in [0.2, 0.25) is 0 Å². The molecule has 0 aromatic heterocycles. The van der Waals surface area contributed by atoms with Crippen LogP contribution in [0.1, 0.15) is 64.2 Å². The van der Waals surface area contributed by atoms with Gasteiger partial charge in [0.15, 0.2) is 0 Å². The average molecular weight is 312 g/mol. The third-order valence-electron chi connectivity index (χ3n) is 4.26. The zero-order chi connectivity index (χ0) is 16.2. The number of aliphatic hydroxyl groups excluding tert-OH is 1. The Balaban J connectivity index is 2.05. The summed E-state index contributed by atoms with van der Waals surface area (Å²) >= 11 is 0. The summed E-state index contributed by atoms with van der Waals surface area (Å²) in [6.07, 6.45) is 12.1. The van der Waals surface area contributed by atoms with Crippen molar-refractivity contribution in [1.82, 2.24) is 0 Å². The molecule has 0 aromatic carbocycles. The molecule has 128 valence electrons. The summed E-state index contributed by atoms with van der Waals surface area (Å²) in [5.41, 5.74) is 0. The van der Waals surface area contributed by atoms with Crippen LogP contribution in [0.15, 0.2) is 12.7 Å². The van der Waals surface area contributed by atoms with E-state index in [4.69, 9.17) is 9.47 Å². The van der Waals surface area contributed by atoms with E-state index < -0.39 is 6.10 Å². The molecule has 1 fully saturated rings. The van der Waals surface area contributed by atoms with Crippen LogP contribution < -0.4 is 0 Å². The van der Waals surface area contributed by atoms with Crippen LogP contribution in [0, 0.1) is 5.92 Å². The van der Waals surface area contributed by atoms with Gasteiger partial charge in [-0.05, 0) is 38.5 Å². The lowest BCUT2D eigenvalue weighted by Gasteiger charge is -2.11. The minimum atomic E-state index is -0.572. The smallest absolute Gasteiger partial charge is 0.309 e. The second-order valence-corrected chi connectivity index (χ2v) is 6.32. The van der Waals surface area contributed by atoms with Crippen molar-refractivity contribution in [2.75, 3.05) is 13.7 Å². The first-order chi connectivity index (χ1) is 10.7. The molecular weight excluding hydrogens is 280 g/mol. The van der Waals surface area contributed by atoms with Crippen molar-refractivity contribution in [1.29, 1.82) is 0 Å². The number of ether oxygens (including phenoxy) is 2. The highest BCUT2D eigenvalue weighted by Gasteiger charge is 2.35. The maximum atomic E-state index is 11.8. The van der Waals surface area contributed by atoms with Crippen LogP contribution in [0.25, 0.3) is 0 Å². The Kier molecular flexibility index (Phi) is 10.2. The Labute approximate surface area is 134 Å². The Bertz CT molecular complexity index is 316. The van der Waals surface area contributed by atoms with Gasteiger partial charge in [-0.15, -0.1) is 6.58 Å². The standard InChI is InChI=1S/C18H32O4/c1-3-4-5-6-7-8-9-10-11-17-13-15(18(20)22-17)12-16(19)14-21-2/h3,15-17,19H,1,4-14H2,2H3/t15-,16+,17-/m0/s1. The normalized spacial score (nSPS) is 22.5. The van der Waals surface area contributed by atoms with Gasteiger partial charge in [-0.2, -0.15) is 0 Å². The van der Waals surface area contributed by atoms with Crippen LogP contribution in [0.5, 0.6) is 0 Å². The van der Waals surface area contributed by atoms with E-state index in [1.807, 2.05) is 6.08 Å². The van der Waals surface area contributed by atoms with E-state index >= 15 is 0 Å². The van der Waals surface area contributed by atoms with Crippen molar-refractivity contribution < 1.29 is 19.4 Å². The van der Waals surface area contributed by atoms with Crippen molar-refractivity contribution in [3.8, 4) is 0 Å². The van der Waals surface area contributed by atoms with Crippen LogP contribution in [0.4, 0.5) is 0 Å². The number of aliphatic hydroxyl groups is 1. The van der Waals surface area contributed by atoms with Crippen LogP contribution in [-0.4, -0.2) is 37.0 Å². The van der Waals surface area contributed by atoms with Gasteiger partial charge in [0.25, 0.3) is 0 Å². The molecule has 1 rings (SSSR count). The molecule has 3 atom stereocenters. The molecule has 4 heteroatoms. The highest BCUT2D eigenvalue weighted by Crippen LogP contribution is 2.28. The van der Waals surface area contributed by atoms with Crippen molar-refractivity contribution in [3.63, 3.8) is 0 Å². The topological polar surface area (TPSA) is 55.8 Å². The zero-order valence-corrected chi connectivity index (χ0v) is 14.0. The molecule has 0 radical (unpaired) electrons. The largest absolute Gasteiger partial charge is 0.462 e. The SMILES string of the molecule is C=CCCCCCCCC[C@H]1C[C@H](C[C@@H](O)COC)C(=O)O1. The molecule has 0 bridgehead atoms. The van der Waals surface area contributed by atoms with Gasteiger partial charge in [0.1, 0.15) is 6.10 Å². The lowest BCUT2D eigenvalue weighted by atomic mass is 9.96. The molecule has 0 aromatic rings. The second kappa shape index (κ2) is 11.7. The van der Waals surface area contributed by atoms with Crippen molar-refractivity contribution in [2.45, 2.75) is 76.4 Å². The highest BCUT2D eigenvalue weighted by atomic mass is 16.6. The Morgan fingerprint density at radius 3 is 2.68 bits per heavy atom. The fourth-order valence-electron chi connectivity index (χ4n) is 3.05. The van der Waals surface area contributed by atoms with Crippen LogP contribution in [-0.2, 0) is 14.3 Å². The van der Waals surface area contributed by atoms with Crippen molar-refractivity contribution in [2.24, 2.45) is 5.92 Å². The molecule has 1 aliphatic heterocycles. The van der Waals surface area contributed by atoms with Gasteiger partial charge < -0.3 is 14.6 Å². The summed E-state index contributed by atoms with van der Waals surface area (Å²) in [5.74, 6) is -0.307. The first kappa shape index (κ1) is 19.2. The van der Waals surface area contributed by atoms with E-state index in [0.717, 1.165) is 25.7 Å². The van der Waals surface area contributed by atoms with Gasteiger partial charge >= 0.3 is 5.97 Å². The highest BCUT2D eigenvalue weighted by molar-refractivity contribution is 5.74. The monoisotopic (exact) mass is 312 g/mol. The summed E-state index contributed by atoms with van der Waals surface area (Å²) in [7, 11) is 1.55. The zero-order valence-electron chi connectivity index (χ0n) is 14.0. The first-order valence-electron chi connectivity index (χ1n) is 8.65. The summed E-state index contributed by atoms with van der Waals surface area (Å²) in [6.45, 7) is 4.01. The van der Waals surface area contributed by atoms with E-state index in [9.17, 15) is 9.90 Å². The number of carbonyl (C=O) groups is 1. The summed E-state index contributed by atoms with van der Waals surface area (Å²) in [5, 5.41) is 9.71. The molecule has 22 heavy (non-hydrogen) atoms. The van der Waals surface area contributed by atoms with Gasteiger partial charge in [0.05, 0.1) is 18.6 Å². The number of cyclic esters (lactones) is 1. The predicted molar refractivity (Wildman–Crippen MR) is 87.6 cm³/mol. The minimum Gasteiger partial charge on any atom is -0.462 e. The number of hydrogen-bond acceptors (Lipinski definition) is 4. The number of methoxy groups -OCH3 is 1. The van der Waals surface area contributed by atoms with Gasteiger partial charge in [0.2, 0.25) is 0 Å². The fourth-order valence-corrected chi connectivity index (χ4v) is 3.05. The van der Waals surface area contributed by atoms with Crippen LogP contribution in [0.3, 0.4) is 0 Å². The van der Waals surface area contributed by atoms with E-state index in [1.54, 1.807) is 7.11 Å². The van der Waals surface area contributed by atoms with Gasteiger partial charge in [-0.3, -0.25) is 4.79 Å². The molecule has 1 heterocycles. The van der Waals surface area contributed by atoms with Gasteiger partial charge in [-0.25, -0.2) is 0 Å². The Morgan fingerprint density at radius 2 is 2.00 bits per heavy atom. The number of unbranched alkanes of at least 4 members (excludes halogenated alkanes) is 6. The molecule has 1 aliphatic rings. The average Bonchev–Trinajstić information content (AvgIpc) is 2.82. The summed E-state index contributed by atoms with van der Waals surface area (Å²) < 4.78 is 10.3. The molecule has 0 unspecified atom stereocenters. The molecule has 1 saturated heterocycles. The van der Waals surface area contributed by atoms with E-state index in [0.29, 0.717) is 6.42 Å². The number of carbonyl (C=O) groups excluding carboxylic acids is 1. The van der Waals surface area contributed by atoms with E-state index in [-0.39, 0.29) is 24.6 Å². The maximum absolute atomic E-state index is 11.8. The third kappa shape index (κ3) is 7.95. The summed E-state index contributed by atoms with van der Waals surface area (Å²) in [6, 6.07) is 0. The molecular formula is C18H32O4. The third-order valence-corrected chi connectivity index (χ3v) is 4.26. The van der Waals surface area contributed by atoms with Gasteiger partial charge in [-0.1, -0.05) is 31.8 Å². The molecule has 0 amide bonds. The molecule has 1 N–H and O–H groups in total. The number of esters is 1. The van der Waals surface area contributed by atoms with Crippen molar-refractivity contribution in [3.05, 3.63) is 12.7 Å². The van der Waals surface area contributed by atoms with E-state index in [1.165, 1.54) is 32.1 Å². The van der Waals surface area contributed by atoms with Crippen LogP contribution >= 0.6 is 0 Å². The second-order valence-electron chi connectivity index (χ2n) is 6.32. The predicted octanol–water partition coefficient (Wildman–Crippen LogP) is 3.62. The lowest BCUT2D eigenvalue weighted by Crippen LogP contribution is -2.21. The number of allylic oxidation sites excluding steroid dienone is 1. The molecule has 4 nitrogen and oxygen atoms in total. The van der Waals surface area contributed by atoms with Crippen molar-refractivity contribution >= 4 is 5.97 Å². The van der Waals surface area contributed by atoms with Gasteiger partial charge in [0, 0.05) is 7.11 Å².